The Balaban J connectivity index is 2.07. The van der Waals surface area contributed by atoms with Gasteiger partial charge in [0, 0.05) is 43.9 Å². The van der Waals surface area contributed by atoms with Crippen molar-refractivity contribution < 1.29 is 39.1 Å². The van der Waals surface area contributed by atoms with E-state index in [-0.39, 0.29) is 31.6 Å². The molecule has 37 heavy (non-hydrogen) atoms. The van der Waals surface area contributed by atoms with Gasteiger partial charge in [-0.3, -0.25) is 9.59 Å². The van der Waals surface area contributed by atoms with Crippen molar-refractivity contribution >= 4 is 11.8 Å². The number of hydrogen-bond acceptors (Lipinski definition) is 8. The van der Waals surface area contributed by atoms with Gasteiger partial charge in [-0.1, -0.05) is 13.8 Å². The highest BCUT2D eigenvalue weighted by Gasteiger charge is 2.51. The second-order valence-electron chi connectivity index (χ2n) is 9.75. The van der Waals surface area contributed by atoms with E-state index < -0.39 is 30.1 Å². The maximum Gasteiger partial charge on any atom is 0.247 e. The first-order valence-electron chi connectivity index (χ1n) is 12.9. The van der Waals surface area contributed by atoms with Gasteiger partial charge >= 0.3 is 0 Å². The number of methoxy groups -OCH3 is 1. The second-order valence-corrected chi connectivity index (χ2v) is 9.75. The summed E-state index contributed by atoms with van der Waals surface area (Å²) < 4.78 is 17.2. The van der Waals surface area contributed by atoms with Gasteiger partial charge < -0.3 is 39.7 Å². The Morgan fingerprint density at radius 3 is 2.62 bits per heavy atom. The number of hydrogen-bond donors (Lipinski definition) is 4. The number of aliphatic hydroxyl groups is 3. The number of amides is 2. The third-order valence-electron chi connectivity index (χ3n) is 6.65. The van der Waals surface area contributed by atoms with E-state index in [4.69, 9.17) is 14.2 Å². The van der Waals surface area contributed by atoms with Crippen molar-refractivity contribution in [3.05, 3.63) is 34.9 Å². The molecule has 4 atom stereocenters. The van der Waals surface area contributed by atoms with Crippen LogP contribution in [0.15, 0.2) is 23.8 Å². The molecule has 1 aromatic rings. The Hall–Kier alpha value is -2.66. The highest BCUT2D eigenvalue weighted by molar-refractivity contribution is 5.96. The standard InChI is InChI=1S/C27H40N2O8/c1-5-36-10-6-8-29(22(32)11-16(2)3)20-14-19(27(34)28-7-9-30)23-18-12-17(15-31)13-21(35-4)25(18)37-26(23)24(20)33/h12-14,16,20,23-24,26,30-31,33H,5-11,15H2,1-4H3,(H,28,34). The van der Waals surface area contributed by atoms with E-state index in [1.165, 1.54) is 7.11 Å². The summed E-state index contributed by atoms with van der Waals surface area (Å²) in [6, 6.07) is 2.59. The smallest absolute Gasteiger partial charge is 0.247 e. The molecule has 2 amide bonds. The third-order valence-corrected chi connectivity index (χ3v) is 6.65. The quantitative estimate of drug-likeness (QED) is 0.284. The molecular formula is C27H40N2O8. The fourth-order valence-corrected chi connectivity index (χ4v) is 5.01. The van der Waals surface area contributed by atoms with Crippen LogP contribution in [-0.4, -0.2) is 90.3 Å². The molecule has 0 aromatic heterocycles. The number of ether oxygens (including phenoxy) is 3. The van der Waals surface area contributed by atoms with Crippen LogP contribution in [0.25, 0.3) is 0 Å². The average molecular weight is 521 g/mol. The number of fused-ring (bicyclic) bond motifs is 3. The summed E-state index contributed by atoms with van der Waals surface area (Å²) >= 11 is 0. The van der Waals surface area contributed by atoms with Gasteiger partial charge in [-0.15, -0.1) is 0 Å². The van der Waals surface area contributed by atoms with Crippen molar-refractivity contribution in [2.24, 2.45) is 5.92 Å². The van der Waals surface area contributed by atoms with E-state index >= 15 is 0 Å². The monoisotopic (exact) mass is 520 g/mol. The van der Waals surface area contributed by atoms with E-state index in [1.807, 2.05) is 20.8 Å². The SMILES string of the molecule is CCOCCCN(C(=O)CC(C)C)C1C=C(C(=O)NCCO)C2c3cc(CO)cc(OC)c3OC2C1O. The number of rotatable bonds is 13. The summed E-state index contributed by atoms with van der Waals surface area (Å²) in [4.78, 5) is 28.2. The molecule has 3 rings (SSSR count). The van der Waals surface area contributed by atoms with Gasteiger partial charge in [0.15, 0.2) is 11.5 Å². The second kappa shape index (κ2) is 13.2. The molecule has 1 heterocycles. The molecule has 1 aromatic carbocycles. The van der Waals surface area contributed by atoms with Crippen molar-refractivity contribution in [1.29, 1.82) is 0 Å². The van der Waals surface area contributed by atoms with Crippen molar-refractivity contribution in [3.8, 4) is 11.5 Å². The fraction of sp³-hybridized carbons (Fsp3) is 0.630. The van der Waals surface area contributed by atoms with Crippen LogP contribution >= 0.6 is 0 Å². The minimum atomic E-state index is -1.13. The number of benzene rings is 1. The molecule has 0 fully saturated rings. The van der Waals surface area contributed by atoms with Crippen LogP contribution in [0.3, 0.4) is 0 Å². The Bertz CT molecular complexity index is 979. The number of nitrogens with one attached hydrogen (secondary N) is 1. The summed E-state index contributed by atoms with van der Waals surface area (Å²) in [5.74, 6) is -0.302. The van der Waals surface area contributed by atoms with Crippen LogP contribution in [0.5, 0.6) is 11.5 Å². The Morgan fingerprint density at radius 1 is 1.24 bits per heavy atom. The van der Waals surface area contributed by atoms with Crippen LogP contribution in [-0.2, 0) is 20.9 Å². The fourth-order valence-electron chi connectivity index (χ4n) is 5.01. The predicted molar refractivity (Wildman–Crippen MR) is 136 cm³/mol. The molecule has 0 saturated heterocycles. The molecule has 1 aliphatic heterocycles. The van der Waals surface area contributed by atoms with E-state index in [9.17, 15) is 24.9 Å². The van der Waals surface area contributed by atoms with Gasteiger partial charge in [0.1, 0.15) is 12.2 Å². The van der Waals surface area contributed by atoms with Crippen molar-refractivity contribution in [3.63, 3.8) is 0 Å². The van der Waals surface area contributed by atoms with Gasteiger partial charge in [-0.25, -0.2) is 0 Å². The molecule has 10 heteroatoms. The lowest BCUT2D eigenvalue weighted by Crippen LogP contribution is -2.56. The number of carbonyl (C=O) groups excluding carboxylic acids is 2. The summed E-state index contributed by atoms with van der Waals surface area (Å²) in [7, 11) is 1.48. The lowest BCUT2D eigenvalue weighted by atomic mass is 9.77. The molecule has 10 nitrogen and oxygen atoms in total. The van der Waals surface area contributed by atoms with Gasteiger partial charge in [0.05, 0.1) is 32.3 Å². The molecule has 2 aliphatic rings. The van der Waals surface area contributed by atoms with Gasteiger partial charge in [-0.2, -0.15) is 0 Å². The normalized spacial score (nSPS) is 22.1. The Morgan fingerprint density at radius 2 is 2.00 bits per heavy atom. The summed E-state index contributed by atoms with van der Waals surface area (Å²) in [6.07, 6.45) is 0.527. The van der Waals surface area contributed by atoms with E-state index in [0.29, 0.717) is 60.8 Å². The maximum atomic E-state index is 13.3. The maximum absolute atomic E-state index is 13.3. The van der Waals surface area contributed by atoms with Gasteiger partial charge in [0.2, 0.25) is 11.8 Å². The van der Waals surface area contributed by atoms with Crippen molar-refractivity contribution in [2.45, 2.75) is 64.4 Å². The molecular weight excluding hydrogens is 480 g/mol. The third kappa shape index (κ3) is 6.43. The topological polar surface area (TPSA) is 138 Å². The van der Waals surface area contributed by atoms with Crippen LogP contribution in [0, 0.1) is 5.92 Å². The Labute approximate surface area is 218 Å². The van der Waals surface area contributed by atoms with Crippen molar-refractivity contribution in [2.75, 3.05) is 40.0 Å². The average Bonchev–Trinajstić information content (AvgIpc) is 3.27. The molecule has 4 unspecified atom stereocenters. The van der Waals surface area contributed by atoms with Gasteiger partial charge in [0.25, 0.3) is 0 Å². The minimum absolute atomic E-state index is 0.0544. The highest BCUT2D eigenvalue weighted by Crippen LogP contribution is 2.51. The largest absolute Gasteiger partial charge is 0.493 e. The number of aliphatic hydroxyl groups excluding tert-OH is 3. The number of carbonyl (C=O) groups is 2. The molecule has 4 N–H and O–H groups in total. The first-order chi connectivity index (χ1) is 17.8. The predicted octanol–water partition coefficient (Wildman–Crippen LogP) is 1.11. The van der Waals surface area contributed by atoms with E-state index in [2.05, 4.69) is 5.32 Å². The Kier molecular flexibility index (Phi) is 10.3. The van der Waals surface area contributed by atoms with Crippen LogP contribution < -0.4 is 14.8 Å². The van der Waals surface area contributed by atoms with E-state index in [0.717, 1.165) is 0 Å². The minimum Gasteiger partial charge on any atom is -0.493 e. The van der Waals surface area contributed by atoms with Crippen LogP contribution in [0.1, 0.15) is 50.7 Å². The van der Waals surface area contributed by atoms with Crippen LogP contribution in [0.4, 0.5) is 0 Å². The molecule has 0 spiro atoms. The molecule has 1 aliphatic carbocycles. The summed E-state index contributed by atoms with van der Waals surface area (Å²) in [5, 5.41) is 33.3. The van der Waals surface area contributed by atoms with Crippen LogP contribution in [0.2, 0.25) is 0 Å². The molecule has 0 bridgehead atoms. The van der Waals surface area contributed by atoms with E-state index in [1.54, 1.807) is 23.1 Å². The zero-order valence-electron chi connectivity index (χ0n) is 22.1. The zero-order chi connectivity index (χ0) is 27.1. The first-order valence-corrected chi connectivity index (χ1v) is 12.9. The van der Waals surface area contributed by atoms with Gasteiger partial charge in [-0.05, 0) is 43.0 Å². The zero-order valence-corrected chi connectivity index (χ0v) is 22.1. The summed E-state index contributed by atoms with van der Waals surface area (Å²) in [5.41, 5.74) is 1.53. The summed E-state index contributed by atoms with van der Waals surface area (Å²) in [6.45, 7) is 6.77. The molecule has 206 valence electrons. The highest BCUT2D eigenvalue weighted by atomic mass is 16.5. The first kappa shape index (κ1) is 28.9. The lowest BCUT2D eigenvalue weighted by Gasteiger charge is -2.41. The number of nitrogens with zero attached hydrogens (tertiary/aromatic N) is 1. The lowest BCUT2D eigenvalue weighted by molar-refractivity contribution is -0.138. The molecule has 0 saturated carbocycles. The van der Waals surface area contributed by atoms with Crippen molar-refractivity contribution in [1.82, 2.24) is 10.2 Å². The molecule has 0 radical (unpaired) electrons.